The molecule has 0 amide bonds. The zero-order valence-electron chi connectivity index (χ0n) is 9.52. The van der Waals surface area contributed by atoms with E-state index in [1.807, 2.05) is 11.5 Å². The van der Waals surface area contributed by atoms with Crippen LogP contribution in [0.1, 0.15) is 24.2 Å². The van der Waals surface area contributed by atoms with Crippen LogP contribution in [0.4, 0.5) is 0 Å². The molecule has 0 saturated carbocycles. The number of allylic oxidation sites excluding steroid dienone is 4. The van der Waals surface area contributed by atoms with Crippen molar-refractivity contribution in [3.63, 3.8) is 0 Å². The molecule has 0 aliphatic heterocycles. The molecule has 84 valence electrons. The van der Waals surface area contributed by atoms with Crippen molar-refractivity contribution in [2.24, 2.45) is 0 Å². The Bertz CT molecular complexity index is 441. The molecule has 1 aromatic rings. The lowest BCUT2D eigenvalue weighted by atomic mass is 10.00. The molecule has 1 aliphatic carbocycles. The summed E-state index contributed by atoms with van der Waals surface area (Å²) < 4.78 is 1.93. The number of hydrogen-bond donors (Lipinski definition) is 0. The van der Waals surface area contributed by atoms with Crippen molar-refractivity contribution in [3.8, 4) is 0 Å². The van der Waals surface area contributed by atoms with Crippen LogP contribution in [0.5, 0.6) is 0 Å². The fraction of sp³-hybridized carbons (Fsp3) is 0.385. The Morgan fingerprint density at radius 3 is 3.12 bits per heavy atom. The average Bonchev–Trinajstić information content (AvgIpc) is 2.64. The molecule has 0 bridgehead atoms. The summed E-state index contributed by atoms with van der Waals surface area (Å²) in [6.45, 7) is 2.40. The third-order valence-corrected chi connectivity index (χ3v) is 2.92. The maximum Gasteiger partial charge on any atom is 0.139 e. The van der Waals surface area contributed by atoms with E-state index in [-0.39, 0.29) is 0 Å². The highest BCUT2D eigenvalue weighted by Gasteiger charge is 2.09. The van der Waals surface area contributed by atoms with E-state index in [1.165, 1.54) is 5.57 Å². The predicted octanol–water partition coefficient (Wildman–Crippen LogP) is 2.21. The van der Waals surface area contributed by atoms with Crippen LogP contribution in [-0.4, -0.2) is 15.8 Å². The topological polar surface area (TPSA) is 34.9 Å². The first kappa shape index (κ1) is 10.9. The maximum atomic E-state index is 10.6. The van der Waals surface area contributed by atoms with Gasteiger partial charge in [0.05, 0.1) is 18.6 Å². The molecule has 3 heteroatoms. The van der Waals surface area contributed by atoms with Crippen molar-refractivity contribution in [1.29, 1.82) is 0 Å². The summed E-state index contributed by atoms with van der Waals surface area (Å²) in [4.78, 5) is 14.8. The fourth-order valence-electron chi connectivity index (χ4n) is 1.99. The number of nitrogens with zero attached hydrogens (tertiary/aromatic N) is 2. The summed E-state index contributed by atoms with van der Waals surface area (Å²) in [5, 5.41) is 0. The summed E-state index contributed by atoms with van der Waals surface area (Å²) >= 11 is 0. The predicted molar refractivity (Wildman–Crippen MR) is 63.2 cm³/mol. The third kappa shape index (κ3) is 2.30. The molecule has 0 atom stereocenters. The standard InChI is InChI=1S/C13H16N2O/c1-11-13(15(7-8-16)10-14-11)9-12-5-3-2-4-6-12/h2-3,5,8,10H,4,6-7,9H2,1H3. The Morgan fingerprint density at radius 1 is 1.56 bits per heavy atom. The molecule has 0 aromatic carbocycles. The van der Waals surface area contributed by atoms with E-state index in [0.29, 0.717) is 6.54 Å². The van der Waals surface area contributed by atoms with Gasteiger partial charge in [-0.1, -0.05) is 23.8 Å². The van der Waals surface area contributed by atoms with Crippen LogP contribution in [0.3, 0.4) is 0 Å². The molecule has 16 heavy (non-hydrogen) atoms. The van der Waals surface area contributed by atoms with Crippen molar-refractivity contribution in [2.45, 2.75) is 32.7 Å². The van der Waals surface area contributed by atoms with Crippen LogP contribution in [0.15, 0.2) is 30.1 Å². The highest BCUT2D eigenvalue weighted by Crippen LogP contribution is 2.19. The minimum Gasteiger partial charge on any atom is -0.327 e. The first-order chi connectivity index (χ1) is 7.81. The van der Waals surface area contributed by atoms with Gasteiger partial charge in [0.2, 0.25) is 0 Å². The van der Waals surface area contributed by atoms with Gasteiger partial charge in [-0.05, 0) is 19.8 Å². The van der Waals surface area contributed by atoms with Gasteiger partial charge in [-0.2, -0.15) is 0 Å². The van der Waals surface area contributed by atoms with E-state index >= 15 is 0 Å². The first-order valence-corrected chi connectivity index (χ1v) is 5.60. The van der Waals surface area contributed by atoms with Crippen molar-refractivity contribution in [1.82, 2.24) is 9.55 Å². The summed E-state index contributed by atoms with van der Waals surface area (Å²) in [6.07, 6.45) is 12.3. The van der Waals surface area contributed by atoms with Gasteiger partial charge < -0.3 is 9.36 Å². The Kier molecular flexibility index (Phi) is 3.34. The van der Waals surface area contributed by atoms with E-state index in [2.05, 4.69) is 23.2 Å². The lowest BCUT2D eigenvalue weighted by Gasteiger charge is -2.11. The second-order valence-corrected chi connectivity index (χ2v) is 4.06. The molecule has 0 saturated heterocycles. The molecule has 0 N–H and O–H groups in total. The Labute approximate surface area is 95.5 Å². The number of hydrogen-bond acceptors (Lipinski definition) is 2. The van der Waals surface area contributed by atoms with Gasteiger partial charge in [0.15, 0.2) is 0 Å². The number of aromatic nitrogens is 2. The lowest BCUT2D eigenvalue weighted by molar-refractivity contribution is -0.108. The zero-order valence-corrected chi connectivity index (χ0v) is 9.52. The van der Waals surface area contributed by atoms with E-state index in [4.69, 9.17) is 0 Å². The SMILES string of the molecule is Cc1ncn(CC=O)c1CC1=CC=CCC1. The molecule has 1 aromatic heterocycles. The van der Waals surface area contributed by atoms with E-state index in [1.54, 1.807) is 6.33 Å². The number of carbonyl (C=O) groups is 1. The normalized spacial score (nSPS) is 14.9. The average molecular weight is 216 g/mol. The van der Waals surface area contributed by atoms with Gasteiger partial charge in [0, 0.05) is 12.1 Å². The van der Waals surface area contributed by atoms with Crippen LogP contribution in [0.25, 0.3) is 0 Å². The maximum absolute atomic E-state index is 10.6. The van der Waals surface area contributed by atoms with E-state index in [9.17, 15) is 4.79 Å². The second kappa shape index (κ2) is 4.92. The fourth-order valence-corrected chi connectivity index (χ4v) is 1.99. The molecule has 1 heterocycles. The van der Waals surface area contributed by atoms with Gasteiger partial charge in [-0.15, -0.1) is 0 Å². The van der Waals surface area contributed by atoms with Gasteiger partial charge in [-0.25, -0.2) is 4.98 Å². The number of aldehydes is 1. The quantitative estimate of drug-likeness (QED) is 0.723. The van der Waals surface area contributed by atoms with Gasteiger partial charge in [0.25, 0.3) is 0 Å². The van der Waals surface area contributed by atoms with Crippen LogP contribution in [-0.2, 0) is 17.8 Å². The Balaban J connectivity index is 2.19. The molecule has 0 unspecified atom stereocenters. The largest absolute Gasteiger partial charge is 0.327 e. The van der Waals surface area contributed by atoms with Gasteiger partial charge in [0.1, 0.15) is 6.29 Å². The minimum absolute atomic E-state index is 0.402. The Morgan fingerprint density at radius 2 is 2.44 bits per heavy atom. The number of rotatable bonds is 4. The first-order valence-electron chi connectivity index (χ1n) is 5.60. The monoisotopic (exact) mass is 216 g/mol. The summed E-state index contributed by atoms with van der Waals surface area (Å²) in [6, 6.07) is 0. The van der Waals surface area contributed by atoms with Crippen LogP contribution in [0.2, 0.25) is 0 Å². The highest BCUT2D eigenvalue weighted by atomic mass is 16.1. The number of imidazole rings is 1. The van der Waals surface area contributed by atoms with Crippen molar-refractivity contribution < 1.29 is 4.79 Å². The third-order valence-electron chi connectivity index (χ3n) is 2.92. The summed E-state index contributed by atoms with van der Waals surface area (Å²) in [5.74, 6) is 0. The van der Waals surface area contributed by atoms with Crippen LogP contribution < -0.4 is 0 Å². The smallest absolute Gasteiger partial charge is 0.139 e. The molecule has 2 rings (SSSR count). The molecule has 1 aliphatic rings. The second-order valence-electron chi connectivity index (χ2n) is 4.06. The van der Waals surface area contributed by atoms with Gasteiger partial charge in [-0.3, -0.25) is 0 Å². The molecule has 0 fully saturated rings. The lowest BCUT2D eigenvalue weighted by Crippen LogP contribution is -2.05. The van der Waals surface area contributed by atoms with Crippen molar-refractivity contribution in [2.75, 3.05) is 0 Å². The van der Waals surface area contributed by atoms with Gasteiger partial charge >= 0.3 is 0 Å². The Hall–Kier alpha value is -1.64. The number of carbonyl (C=O) groups excluding carboxylic acids is 1. The van der Waals surface area contributed by atoms with E-state index in [0.717, 1.165) is 36.9 Å². The van der Waals surface area contributed by atoms with Crippen LogP contribution in [0, 0.1) is 6.92 Å². The van der Waals surface area contributed by atoms with Crippen molar-refractivity contribution >= 4 is 6.29 Å². The summed E-state index contributed by atoms with van der Waals surface area (Å²) in [7, 11) is 0. The number of aryl methyl sites for hydroxylation is 1. The summed E-state index contributed by atoms with van der Waals surface area (Å²) in [5.41, 5.74) is 3.60. The molecule has 0 radical (unpaired) electrons. The molecular weight excluding hydrogens is 200 g/mol. The van der Waals surface area contributed by atoms with Crippen LogP contribution >= 0.6 is 0 Å². The molecule has 3 nitrogen and oxygen atoms in total. The molecular formula is C13H16N2O. The minimum atomic E-state index is 0.402. The highest BCUT2D eigenvalue weighted by molar-refractivity contribution is 5.49. The zero-order chi connectivity index (χ0) is 11.4. The van der Waals surface area contributed by atoms with Crippen molar-refractivity contribution in [3.05, 3.63) is 41.5 Å². The molecule has 0 spiro atoms. The van der Waals surface area contributed by atoms with E-state index < -0.39 is 0 Å².